The topological polar surface area (TPSA) is 17.8 Å². The van der Waals surface area contributed by atoms with Crippen LogP contribution in [0.2, 0.25) is 0 Å². The standard InChI is InChI=1S/C12H10ClFN2/c1-3-6-16-11-5-4-9(14)7-10(11)15-12(16)8(2)13/h1,4-5,7-8H,6H2,2H3. The van der Waals surface area contributed by atoms with E-state index < -0.39 is 0 Å². The number of benzene rings is 1. The van der Waals surface area contributed by atoms with Crippen molar-refractivity contribution >= 4 is 22.6 Å². The monoisotopic (exact) mass is 236 g/mol. The summed E-state index contributed by atoms with van der Waals surface area (Å²) < 4.78 is 14.9. The van der Waals surface area contributed by atoms with Gasteiger partial charge >= 0.3 is 0 Å². The molecule has 0 radical (unpaired) electrons. The molecule has 2 rings (SSSR count). The second-order valence-electron chi connectivity index (χ2n) is 3.51. The van der Waals surface area contributed by atoms with E-state index in [4.69, 9.17) is 18.0 Å². The molecule has 1 atom stereocenters. The fourth-order valence-corrected chi connectivity index (χ4v) is 1.85. The molecule has 0 saturated carbocycles. The van der Waals surface area contributed by atoms with Crippen molar-refractivity contribution in [2.45, 2.75) is 18.8 Å². The van der Waals surface area contributed by atoms with Gasteiger partial charge < -0.3 is 4.57 Å². The SMILES string of the molecule is C#CCn1c(C(C)Cl)nc2cc(F)ccc21. The molecule has 4 heteroatoms. The van der Waals surface area contributed by atoms with E-state index in [2.05, 4.69) is 10.9 Å². The number of hydrogen-bond donors (Lipinski definition) is 0. The summed E-state index contributed by atoms with van der Waals surface area (Å²) >= 11 is 6.01. The Labute approximate surface area is 98.0 Å². The van der Waals surface area contributed by atoms with Gasteiger partial charge in [-0.05, 0) is 19.1 Å². The maximum atomic E-state index is 13.0. The van der Waals surface area contributed by atoms with Crippen molar-refractivity contribution in [3.05, 3.63) is 29.8 Å². The third-order valence-electron chi connectivity index (χ3n) is 2.34. The lowest BCUT2D eigenvalue weighted by molar-refractivity contribution is 0.629. The molecule has 0 aliphatic rings. The summed E-state index contributed by atoms with van der Waals surface area (Å²) in [6.07, 6.45) is 5.29. The fraction of sp³-hybridized carbons (Fsp3) is 0.250. The van der Waals surface area contributed by atoms with E-state index in [1.54, 1.807) is 6.07 Å². The minimum atomic E-state index is -0.313. The molecule has 0 N–H and O–H groups in total. The predicted molar refractivity (Wildman–Crippen MR) is 62.8 cm³/mol. The van der Waals surface area contributed by atoms with Gasteiger partial charge in [0.25, 0.3) is 0 Å². The van der Waals surface area contributed by atoms with Crippen molar-refractivity contribution in [1.29, 1.82) is 0 Å². The van der Waals surface area contributed by atoms with Gasteiger partial charge in [0.05, 0.1) is 23.0 Å². The van der Waals surface area contributed by atoms with Crippen LogP contribution in [0, 0.1) is 18.2 Å². The molecular weight excluding hydrogens is 227 g/mol. The lowest BCUT2D eigenvalue weighted by atomic mass is 10.3. The molecule has 0 aliphatic heterocycles. The van der Waals surface area contributed by atoms with E-state index in [0.29, 0.717) is 17.9 Å². The average Bonchev–Trinajstić information content (AvgIpc) is 2.57. The molecule has 0 bridgehead atoms. The van der Waals surface area contributed by atoms with Crippen LogP contribution in [0.1, 0.15) is 18.1 Å². The average molecular weight is 237 g/mol. The zero-order valence-corrected chi connectivity index (χ0v) is 9.50. The third kappa shape index (κ3) is 1.77. The Balaban J connectivity index is 2.71. The van der Waals surface area contributed by atoms with Crippen LogP contribution in [0.15, 0.2) is 18.2 Å². The molecule has 1 heterocycles. The normalized spacial score (nSPS) is 12.6. The molecule has 1 unspecified atom stereocenters. The Hall–Kier alpha value is -1.53. The zero-order valence-electron chi connectivity index (χ0n) is 8.74. The summed E-state index contributed by atoms with van der Waals surface area (Å²) in [6, 6.07) is 4.43. The number of halogens is 2. The Morgan fingerprint density at radius 2 is 2.38 bits per heavy atom. The third-order valence-corrected chi connectivity index (χ3v) is 2.54. The molecule has 0 aliphatic carbocycles. The van der Waals surface area contributed by atoms with Gasteiger partial charge in [0, 0.05) is 6.07 Å². The molecule has 0 fully saturated rings. The molecule has 0 spiro atoms. The van der Waals surface area contributed by atoms with Gasteiger partial charge in [-0.2, -0.15) is 0 Å². The summed E-state index contributed by atoms with van der Waals surface area (Å²) in [5.41, 5.74) is 1.39. The van der Waals surface area contributed by atoms with Crippen LogP contribution < -0.4 is 0 Å². The van der Waals surface area contributed by atoms with Gasteiger partial charge in [0.15, 0.2) is 0 Å². The Bertz CT molecular complexity index is 566. The second kappa shape index (κ2) is 4.15. The van der Waals surface area contributed by atoms with Crippen molar-refractivity contribution in [3.8, 4) is 12.3 Å². The predicted octanol–water partition coefficient (Wildman–Crippen LogP) is 3.11. The van der Waals surface area contributed by atoms with Gasteiger partial charge in [-0.3, -0.25) is 0 Å². The zero-order chi connectivity index (χ0) is 11.7. The lowest BCUT2D eigenvalue weighted by Gasteiger charge is -2.06. The van der Waals surface area contributed by atoms with Gasteiger partial charge in [-0.25, -0.2) is 9.37 Å². The van der Waals surface area contributed by atoms with Crippen molar-refractivity contribution < 1.29 is 4.39 Å². The summed E-state index contributed by atoms with van der Waals surface area (Å²) in [5, 5.41) is -0.260. The van der Waals surface area contributed by atoms with Gasteiger partial charge in [0.2, 0.25) is 0 Å². The Morgan fingerprint density at radius 1 is 1.62 bits per heavy atom. The number of alkyl halides is 1. The molecule has 1 aromatic heterocycles. The number of terminal acetylenes is 1. The van der Waals surface area contributed by atoms with Gasteiger partial charge in [-0.1, -0.05) is 5.92 Å². The van der Waals surface area contributed by atoms with Crippen LogP contribution in [-0.4, -0.2) is 9.55 Å². The van der Waals surface area contributed by atoms with Crippen LogP contribution in [0.25, 0.3) is 11.0 Å². The molecule has 2 aromatic rings. The van der Waals surface area contributed by atoms with E-state index in [1.165, 1.54) is 12.1 Å². The maximum absolute atomic E-state index is 13.0. The Morgan fingerprint density at radius 3 is 3.00 bits per heavy atom. The number of fused-ring (bicyclic) bond motifs is 1. The number of imidazole rings is 1. The molecule has 82 valence electrons. The molecule has 0 amide bonds. The van der Waals surface area contributed by atoms with Crippen LogP contribution in [0.5, 0.6) is 0 Å². The summed E-state index contributed by atoms with van der Waals surface area (Å²) in [7, 11) is 0. The van der Waals surface area contributed by atoms with E-state index in [-0.39, 0.29) is 11.2 Å². The quantitative estimate of drug-likeness (QED) is 0.579. The van der Waals surface area contributed by atoms with Crippen molar-refractivity contribution in [2.24, 2.45) is 0 Å². The number of hydrogen-bond acceptors (Lipinski definition) is 1. The highest BCUT2D eigenvalue weighted by molar-refractivity contribution is 6.20. The highest BCUT2D eigenvalue weighted by atomic mass is 35.5. The molecule has 16 heavy (non-hydrogen) atoms. The smallest absolute Gasteiger partial charge is 0.128 e. The minimum Gasteiger partial charge on any atom is -0.315 e. The number of rotatable bonds is 2. The van der Waals surface area contributed by atoms with Gasteiger partial charge in [0.1, 0.15) is 11.6 Å². The number of nitrogens with zero attached hydrogens (tertiary/aromatic N) is 2. The van der Waals surface area contributed by atoms with Crippen LogP contribution in [0.4, 0.5) is 4.39 Å². The first kappa shape index (κ1) is 11.0. The first-order valence-electron chi connectivity index (χ1n) is 4.86. The van der Waals surface area contributed by atoms with E-state index in [0.717, 1.165) is 5.52 Å². The second-order valence-corrected chi connectivity index (χ2v) is 4.16. The van der Waals surface area contributed by atoms with E-state index in [1.807, 2.05) is 11.5 Å². The van der Waals surface area contributed by atoms with Crippen LogP contribution in [-0.2, 0) is 6.54 Å². The summed E-state index contributed by atoms with van der Waals surface area (Å²) in [6.45, 7) is 2.20. The first-order valence-corrected chi connectivity index (χ1v) is 5.30. The van der Waals surface area contributed by atoms with Crippen LogP contribution >= 0.6 is 11.6 Å². The molecule has 2 nitrogen and oxygen atoms in total. The highest BCUT2D eigenvalue weighted by Gasteiger charge is 2.14. The van der Waals surface area contributed by atoms with Crippen molar-refractivity contribution in [3.63, 3.8) is 0 Å². The first-order chi connectivity index (χ1) is 7.63. The van der Waals surface area contributed by atoms with E-state index in [9.17, 15) is 4.39 Å². The van der Waals surface area contributed by atoms with Gasteiger partial charge in [-0.15, -0.1) is 18.0 Å². The fourth-order valence-electron chi connectivity index (χ4n) is 1.68. The number of aromatic nitrogens is 2. The summed E-state index contributed by atoms with van der Waals surface area (Å²) in [4.78, 5) is 4.29. The molecule has 1 aromatic carbocycles. The lowest BCUT2D eigenvalue weighted by Crippen LogP contribution is -2.02. The molecule has 0 saturated heterocycles. The van der Waals surface area contributed by atoms with E-state index >= 15 is 0 Å². The van der Waals surface area contributed by atoms with Crippen LogP contribution in [0.3, 0.4) is 0 Å². The summed E-state index contributed by atoms with van der Waals surface area (Å²) in [5.74, 6) is 2.90. The molecular formula is C12H10ClFN2. The maximum Gasteiger partial charge on any atom is 0.128 e. The van der Waals surface area contributed by atoms with Crippen molar-refractivity contribution in [1.82, 2.24) is 9.55 Å². The highest BCUT2D eigenvalue weighted by Crippen LogP contribution is 2.24. The largest absolute Gasteiger partial charge is 0.315 e. The Kier molecular flexibility index (Phi) is 2.84. The van der Waals surface area contributed by atoms with Crippen molar-refractivity contribution in [2.75, 3.05) is 0 Å². The minimum absolute atomic E-state index is 0.260.